The first-order chi connectivity index (χ1) is 13.2. The predicted octanol–water partition coefficient (Wildman–Crippen LogP) is 3.28. The molecule has 0 saturated heterocycles. The Kier molecular flexibility index (Phi) is 5.47. The van der Waals surface area contributed by atoms with E-state index < -0.39 is 15.9 Å². The zero-order valence-electron chi connectivity index (χ0n) is 16.3. The molecule has 0 aromatic heterocycles. The molecule has 1 aliphatic heterocycles. The quantitative estimate of drug-likeness (QED) is 0.769. The minimum atomic E-state index is -3.34. The van der Waals surface area contributed by atoms with Crippen molar-refractivity contribution in [3.63, 3.8) is 0 Å². The second-order valence-electron chi connectivity index (χ2n) is 6.81. The van der Waals surface area contributed by atoms with Gasteiger partial charge in [-0.1, -0.05) is 6.07 Å². The maximum atomic E-state index is 13.5. The Balaban J connectivity index is 2.11. The Morgan fingerprint density at radius 3 is 2.25 bits per heavy atom. The molecule has 1 atom stereocenters. The lowest BCUT2D eigenvalue weighted by Gasteiger charge is -2.29. The second kappa shape index (κ2) is 7.67. The Labute approximate surface area is 165 Å². The van der Waals surface area contributed by atoms with Gasteiger partial charge in [-0.25, -0.2) is 8.42 Å². The zero-order chi connectivity index (χ0) is 20.5. The van der Waals surface area contributed by atoms with E-state index in [1.54, 1.807) is 24.3 Å². The first-order valence-electron chi connectivity index (χ1n) is 8.79. The molecule has 1 unspecified atom stereocenters. The molecule has 2 aromatic rings. The number of amides is 1. The Morgan fingerprint density at radius 1 is 1.04 bits per heavy atom. The minimum Gasteiger partial charge on any atom is -0.497 e. The summed E-state index contributed by atoms with van der Waals surface area (Å²) in [5.41, 5.74) is 2.95. The number of rotatable bonds is 5. The van der Waals surface area contributed by atoms with Crippen LogP contribution in [0.1, 0.15) is 21.5 Å². The molecule has 148 valence electrons. The molecule has 0 fully saturated rings. The number of benzene rings is 2. The van der Waals surface area contributed by atoms with Crippen LogP contribution in [0.15, 0.2) is 47.9 Å². The molecule has 0 N–H and O–H groups in total. The molecule has 0 bridgehead atoms. The van der Waals surface area contributed by atoms with Gasteiger partial charge in [0, 0.05) is 17.2 Å². The largest absolute Gasteiger partial charge is 0.497 e. The predicted molar refractivity (Wildman–Crippen MR) is 109 cm³/mol. The van der Waals surface area contributed by atoms with E-state index in [4.69, 9.17) is 9.47 Å². The van der Waals surface area contributed by atoms with Crippen LogP contribution < -0.4 is 14.4 Å². The minimum absolute atomic E-state index is 0.149. The standard InChI is InChI=1S/C21H23NO5S/c1-14-9-15(2)11-17(10-14)22(16-7-8-28(24,25)13-16)21(23)19-6-5-18(26-3)12-20(19)27-4/h5-12,16H,13H2,1-4H3. The van der Waals surface area contributed by atoms with E-state index >= 15 is 0 Å². The number of aryl methyl sites for hydroxylation is 2. The van der Waals surface area contributed by atoms with Crippen LogP contribution in [0.4, 0.5) is 5.69 Å². The number of hydrogen-bond donors (Lipinski definition) is 0. The van der Waals surface area contributed by atoms with Crippen molar-refractivity contribution < 1.29 is 22.7 Å². The van der Waals surface area contributed by atoms with E-state index in [1.165, 1.54) is 24.5 Å². The third-order valence-corrected chi connectivity index (χ3v) is 5.96. The molecule has 6 nitrogen and oxygen atoms in total. The van der Waals surface area contributed by atoms with Crippen LogP contribution in [0.25, 0.3) is 0 Å². The molecule has 1 heterocycles. The third kappa shape index (κ3) is 4.04. The van der Waals surface area contributed by atoms with Gasteiger partial charge < -0.3 is 14.4 Å². The molecule has 7 heteroatoms. The maximum Gasteiger partial charge on any atom is 0.262 e. The molecular formula is C21H23NO5S. The molecule has 0 saturated carbocycles. The van der Waals surface area contributed by atoms with Crippen molar-refractivity contribution in [1.82, 2.24) is 0 Å². The summed E-state index contributed by atoms with van der Waals surface area (Å²) in [6.07, 6.45) is 1.56. The normalized spacial score (nSPS) is 17.4. The lowest BCUT2D eigenvalue weighted by Crippen LogP contribution is -2.41. The fraction of sp³-hybridized carbons (Fsp3) is 0.286. The van der Waals surface area contributed by atoms with Crippen molar-refractivity contribution in [2.24, 2.45) is 0 Å². The van der Waals surface area contributed by atoms with E-state index in [9.17, 15) is 13.2 Å². The number of hydrogen-bond acceptors (Lipinski definition) is 5. The summed E-state index contributed by atoms with van der Waals surface area (Å²) in [4.78, 5) is 15.0. The molecule has 0 spiro atoms. The summed E-state index contributed by atoms with van der Waals surface area (Å²) in [5.74, 6) is 0.444. The van der Waals surface area contributed by atoms with E-state index in [0.717, 1.165) is 11.1 Å². The van der Waals surface area contributed by atoms with Gasteiger partial charge in [-0.15, -0.1) is 0 Å². The highest BCUT2D eigenvalue weighted by molar-refractivity contribution is 7.94. The number of carbonyl (C=O) groups excluding carboxylic acids is 1. The lowest BCUT2D eigenvalue weighted by molar-refractivity contribution is 0.0980. The fourth-order valence-corrected chi connectivity index (χ4v) is 4.64. The molecule has 1 aliphatic rings. The first kappa shape index (κ1) is 19.9. The highest BCUT2D eigenvalue weighted by Crippen LogP contribution is 2.31. The summed E-state index contributed by atoms with van der Waals surface area (Å²) in [7, 11) is -0.324. The highest BCUT2D eigenvalue weighted by Gasteiger charge is 2.33. The van der Waals surface area contributed by atoms with Gasteiger partial charge in [0.2, 0.25) is 0 Å². The van der Waals surface area contributed by atoms with Crippen molar-refractivity contribution in [3.8, 4) is 11.5 Å². The summed E-state index contributed by atoms with van der Waals surface area (Å²) in [5, 5.41) is 1.17. The number of methoxy groups -OCH3 is 2. The third-order valence-electron chi connectivity index (χ3n) is 4.59. The first-order valence-corrected chi connectivity index (χ1v) is 10.5. The van der Waals surface area contributed by atoms with Gasteiger partial charge in [-0.2, -0.15) is 0 Å². The van der Waals surface area contributed by atoms with Crippen LogP contribution in [0.5, 0.6) is 11.5 Å². The summed E-state index contributed by atoms with van der Waals surface area (Å²) < 4.78 is 34.6. The summed E-state index contributed by atoms with van der Waals surface area (Å²) >= 11 is 0. The summed E-state index contributed by atoms with van der Waals surface area (Å²) in [6.45, 7) is 3.88. The fourth-order valence-electron chi connectivity index (χ4n) is 3.37. The number of anilines is 1. The molecule has 2 aromatic carbocycles. The van der Waals surface area contributed by atoms with Crippen LogP contribution in [0, 0.1) is 13.8 Å². The van der Waals surface area contributed by atoms with E-state index in [1.807, 2.05) is 32.0 Å². The SMILES string of the molecule is COc1ccc(C(=O)N(c2cc(C)cc(C)c2)C2C=CS(=O)(=O)C2)c(OC)c1. The van der Waals surface area contributed by atoms with Gasteiger partial charge in [0.1, 0.15) is 11.5 Å². The smallest absolute Gasteiger partial charge is 0.262 e. The summed E-state index contributed by atoms with van der Waals surface area (Å²) in [6, 6.07) is 10.1. The van der Waals surface area contributed by atoms with Gasteiger partial charge in [-0.05, 0) is 55.3 Å². The van der Waals surface area contributed by atoms with Crippen molar-refractivity contribution in [3.05, 3.63) is 64.6 Å². The van der Waals surface area contributed by atoms with Crippen molar-refractivity contribution >= 4 is 21.4 Å². The number of ether oxygens (including phenoxy) is 2. The van der Waals surface area contributed by atoms with E-state index in [2.05, 4.69) is 0 Å². The average molecular weight is 401 g/mol. The van der Waals surface area contributed by atoms with Crippen LogP contribution in [0.2, 0.25) is 0 Å². The Hall–Kier alpha value is -2.80. The maximum absolute atomic E-state index is 13.5. The lowest BCUT2D eigenvalue weighted by atomic mass is 10.1. The number of nitrogens with zero attached hydrogens (tertiary/aromatic N) is 1. The van der Waals surface area contributed by atoms with Crippen molar-refractivity contribution in [2.45, 2.75) is 19.9 Å². The van der Waals surface area contributed by atoms with Crippen molar-refractivity contribution in [2.75, 3.05) is 24.9 Å². The van der Waals surface area contributed by atoms with Gasteiger partial charge in [-0.3, -0.25) is 4.79 Å². The van der Waals surface area contributed by atoms with Crippen LogP contribution in [-0.4, -0.2) is 40.3 Å². The highest BCUT2D eigenvalue weighted by atomic mass is 32.2. The molecule has 1 amide bonds. The Bertz CT molecular complexity index is 1020. The van der Waals surface area contributed by atoms with Crippen LogP contribution in [-0.2, 0) is 9.84 Å². The van der Waals surface area contributed by atoms with Gasteiger partial charge in [0.15, 0.2) is 9.84 Å². The molecule has 28 heavy (non-hydrogen) atoms. The molecule has 0 aliphatic carbocycles. The zero-order valence-corrected chi connectivity index (χ0v) is 17.1. The van der Waals surface area contributed by atoms with Crippen molar-refractivity contribution in [1.29, 1.82) is 0 Å². The van der Waals surface area contributed by atoms with Gasteiger partial charge in [0.05, 0.1) is 31.6 Å². The van der Waals surface area contributed by atoms with Crippen LogP contribution >= 0.6 is 0 Å². The van der Waals surface area contributed by atoms with Crippen LogP contribution in [0.3, 0.4) is 0 Å². The van der Waals surface area contributed by atoms with E-state index in [-0.39, 0.29) is 11.7 Å². The topological polar surface area (TPSA) is 72.9 Å². The van der Waals surface area contributed by atoms with E-state index in [0.29, 0.717) is 22.7 Å². The molecular weight excluding hydrogens is 378 g/mol. The molecule has 3 rings (SSSR count). The second-order valence-corrected chi connectivity index (χ2v) is 8.74. The molecule has 0 radical (unpaired) electrons. The van der Waals surface area contributed by atoms with Gasteiger partial charge in [0.25, 0.3) is 5.91 Å². The monoisotopic (exact) mass is 401 g/mol. The Morgan fingerprint density at radius 2 is 1.71 bits per heavy atom. The number of sulfone groups is 1. The van der Waals surface area contributed by atoms with Gasteiger partial charge >= 0.3 is 0 Å². The number of carbonyl (C=O) groups is 1. The average Bonchev–Trinajstić information content (AvgIpc) is 2.99.